The minimum absolute atomic E-state index is 0.139. The van der Waals surface area contributed by atoms with E-state index in [1.54, 1.807) is 30.3 Å². The van der Waals surface area contributed by atoms with E-state index in [9.17, 15) is 9.59 Å². The van der Waals surface area contributed by atoms with Gasteiger partial charge in [0.1, 0.15) is 5.58 Å². The molecule has 3 heteroatoms. The number of carbonyl (C=O) groups is 2. The molecule has 1 aliphatic rings. The van der Waals surface area contributed by atoms with E-state index < -0.39 is 0 Å². The van der Waals surface area contributed by atoms with Crippen LogP contribution in [0.2, 0.25) is 0 Å². The summed E-state index contributed by atoms with van der Waals surface area (Å²) < 4.78 is 5.61. The Bertz CT molecular complexity index is 900. The van der Waals surface area contributed by atoms with Crippen LogP contribution in [0.25, 0.3) is 11.0 Å². The monoisotopic (exact) mass is 262 g/mol. The first-order valence-corrected chi connectivity index (χ1v) is 6.38. The molecule has 0 aliphatic heterocycles. The van der Waals surface area contributed by atoms with E-state index in [0.29, 0.717) is 27.7 Å². The van der Waals surface area contributed by atoms with Gasteiger partial charge in [0.15, 0.2) is 11.5 Å². The van der Waals surface area contributed by atoms with Crippen molar-refractivity contribution in [1.82, 2.24) is 0 Å². The molecule has 0 N–H and O–H groups in total. The Kier molecular flexibility index (Phi) is 2.05. The van der Waals surface area contributed by atoms with Gasteiger partial charge in [-0.3, -0.25) is 9.59 Å². The number of furan rings is 1. The fourth-order valence-corrected chi connectivity index (χ4v) is 2.73. The maximum Gasteiger partial charge on any atom is 0.229 e. The molecule has 2 aromatic carbocycles. The highest BCUT2D eigenvalue weighted by Crippen LogP contribution is 2.35. The second-order valence-electron chi connectivity index (χ2n) is 5.01. The van der Waals surface area contributed by atoms with Gasteiger partial charge in [-0.05, 0) is 19.1 Å². The third-order valence-electron chi connectivity index (χ3n) is 3.69. The van der Waals surface area contributed by atoms with Crippen molar-refractivity contribution >= 4 is 22.5 Å². The highest BCUT2D eigenvalue weighted by atomic mass is 16.3. The Labute approximate surface area is 114 Å². The first-order chi connectivity index (χ1) is 9.66. The van der Waals surface area contributed by atoms with Gasteiger partial charge in [0, 0.05) is 16.5 Å². The maximum absolute atomic E-state index is 12.6. The van der Waals surface area contributed by atoms with Gasteiger partial charge in [-0.1, -0.05) is 35.9 Å². The Morgan fingerprint density at radius 1 is 0.900 bits per heavy atom. The highest BCUT2D eigenvalue weighted by Gasteiger charge is 2.34. The van der Waals surface area contributed by atoms with Crippen molar-refractivity contribution in [2.45, 2.75) is 6.92 Å². The zero-order chi connectivity index (χ0) is 13.9. The van der Waals surface area contributed by atoms with Crippen LogP contribution in [0, 0.1) is 6.92 Å². The predicted octanol–water partition coefficient (Wildman–Crippen LogP) is 3.52. The van der Waals surface area contributed by atoms with Crippen LogP contribution >= 0.6 is 0 Å². The molecule has 0 atom stereocenters. The lowest BCUT2D eigenvalue weighted by Crippen LogP contribution is -2.19. The predicted molar refractivity (Wildman–Crippen MR) is 74.3 cm³/mol. The normalized spacial score (nSPS) is 13.4. The topological polar surface area (TPSA) is 47.3 Å². The fourth-order valence-electron chi connectivity index (χ4n) is 2.73. The van der Waals surface area contributed by atoms with Crippen molar-refractivity contribution < 1.29 is 14.0 Å². The summed E-state index contributed by atoms with van der Waals surface area (Å²) in [7, 11) is 0. The van der Waals surface area contributed by atoms with Gasteiger partial charge in [-0.15, -0.1) is 0 Å². The van der Waals surface area contributed by atoms with E-state index in [2.05, 4.69) is 0 Å². The summed E-state index contributed by atoms with van der Waals surface area (Å²) >= 11 is 0. The van der Waals surface area contributed by atoms with Crippen LogP contribution in [0.3, 0.4) is 0 Å². The lowest BCUT2D eigenvalue weighted by Gasteiger charge is -2.12. The molecule has 0 saturated carbocycles. The molecule has 3 nitrogen and oxygen atoms in total. The van der Waals surface area contributed by atoms with E-state index >= 15 is 0 Å². The summed E-state index contributed by atoms with van der Waals surface area (Å²) in [6.45, 7) is 1.95. The molecule has 4 rings (SSSR count). The SMILES string of the molecule is Cc1ccc2oc3c(c2c1)C(=O)c1ccccc1C3=O. The maximum atomic E-state index is 12.6. The molecule has 1 aliphatic carbocycles. The number of benzene rings is 2. The molecule has 0 unspecified atom stereocenters. The molecular weight excluding hydrogens is 252 g/mol. The van der Waals surface area contributed by atoms with Crippen molar-refractivity contribution in [3.05, 3.63) is 70.5 Å². The lowest BCUT2D eigenvalue weighted by molar-refractivity contribution is 0.0962. The van der Waals surface area contributed by atoms with E-state index in [1.165, 1.54) is 0 Å². The smallest absolute Gasteiger partial charge is 0.229 e. The molecule has 20 heavy (non-hydrogen) atoms. The van der Waals surface area contributed by atoms with Crippen LogP contribution < -0.4 is 0 Å². The van der Waals surface area contributed by atoms with Crippen molar-refractivity contribution in [3.8, 4) is 0 Å². The zero-order valence-electron chi connectivity index (χ0n) is 10.8. The first-order valence-electron chi connectivity index (χ1n) is 6.38. The van der Waals surface area contributed by atoms with Gasteiger partial charge in [0.25, 0.3) is 0 Å². The number of carbonyl (C=O) groups excluding carboxylic acids is 2. The summed E-state index contributed by atoms with van der Waals surface area (Å²) in [5.41, 5.74) is 2.87. The quantitative estimate of drug-likeness (QED) is 0.487. The Balaban J connectivity index is 2.12. The van der Waals surface area contributed by atoms with E-state index in [4.69, 9.17) is 4.42 Å². The Hall–Kier alpha value is -2.68. The fraction of sp³-hybridized carbons (Fsp3) is 0.0588. The van der Waals surface area contributed by atoms with Gasteiger partial charge in [-0.2, -0.15) is 0 Å². The number of aryl methyl sites for hydroxylation is 1. The van der Waals surface area contributed by atoms with E-state index in [1.807, 2.05) is 19.1 Å². The third-order valence-corrected chi connectivity index (χ3v) is 3.69. The zero-order valence-corrected chi connectivity index (χ0v) is 10.8. The van der Waals surface area contributed by atoms with Crippen LogP contribution in [0.5, 0.6) is 0 Å². The molecule has 1 heterocycles. The molecule has 96 valence electrons. The summed E-state index contributed by atoms with van der Waals surface area (Å²) in [6, 6.07) is 12.5. The van der Waals surface area contributed by atoms with Crippen molar-refractivity contribution in [3.63, 3.8) is 0 Å². The number of hydrogen-bond acceptors (Lipinski definition) is 3. The van der Waals surface area contributed by atoms with E-state index in [-0.39, 0.29) is 17.3 Å². The van der Waals surface area contributed by atoms with Crippen LogP contribution in [0.4, 0.5) is 0 Å². The second-order valence-corrected chi connectivity index (χ2v) is 5.01. The van der Waals surface area contributed by atoms with Crippen molar-refractivity contribution in [2.24, 2.45) is 0 Å². The van der Waals surface area contributed by atoms with Gasteiger partial charge in [-0.25, -0.2) is 0 Å². The standard InChI is InChI=1S/C17H10O3/c1-9-6-7-13-12(8-9)14-15(18)10-4-2-3-5-11(10)16(19)17(14)20-13/h2-8H,1H3. The molecular formula is C17H10O3. The molecule has 0 spiro atoms. The van der Waals surface area contributed by atoms with Crippen LogP contribution in [0.15, 0.2) is 46.9 Å². The number of rotatable bonds is 0. The first kappa shape index (κ1) is 11.2. The molecule has 0 saturated heterocycles. The summed E-state index contributed by atoms with van der Waals surface area (Å²) in [6.07, 6.45) is 0. The largest absolute Gasteiger partial charge is 0.452 e. The highest BCUT2D eigenvalue weighted by molar-refractivity contribution is 6.31. The molecule has 3 aromatic rings. The third kappa shape index (κ3) is 1.29. The Morgan fingerprint density at radius 2 is 1.60 bits per heavy atom. The minimum atomic E-state index is -0.218. The molecule has 0 radical (unpaired) electrons. The lowest BCUT2D eigenvalue weighted by atomic mass is 9.87. The van der Waals surface area contributed by atoms with Crippen molar-refractivity contribution in [2.75, 3.05) is 0 Å². The average molecular weight is 262 g/mol. The molecule has 0 bridgehead atoms. The van der Waals surface area contributed by atoms with E-state index in [0.717, 1.165) is 5.56 Å². The number of fused-ring (bicyclic) bond motifs is 4. The minimum Gasteiger partial charge on any atom is -0.452 e. The summed E-state index contributed by atoms with van der Waals surface area (Å²) in [5.74, 6) is -0.196. The van der Waals surface area contributed by atoms with Gasteiger partial charge in [0.05, 0.1) is 5.56 Å². The second kappa shape index (κ2) is 3.67. The molecule has 0 fully saturated rings. The molecule has 0 amide bonds. The molecule has 1 aromatic heterocycles. The van der Waals surface area contributed by atoms with Crippen LogP contribution in [0.1, 0.15) is 37.6 Å². The summed E-state index contributed by atoms with van der Waals surface area (Å²) in [5, 5.41) is 0.716. The van der Waals surface area contributed by atoms with Crippen LogP contribution in [-0.2, 0) is 0 Å². The van der Waals surface area contributed by atoms with Gasteiger partial charge in [0.2, 0.25) is 5.78 Å². The van der Waals surface area contributed by atoms with Crippen LogP contribution in [-0.4, -0.2) is 11.6 Å². The number of ketones is 2. The summed E-state index contributed by atoms with van der Waals surface area (Å²) in [4.78, 5) is 25.1. The van der Waals surface area contributed by atoms with Crippen molar-refractivity contribution in [1.29, 1.82) is 0 Å². The average Bonchev–Trinajstić information content (AvgIpc) is 2.84. The Morgan fingerprint density at radius 3 is 2.35 bits per heavy atom. The number of hydrogen-bond donors (Lipinski definition) is 0. The van der Waals surface area contributed by atoms with Gasteiger partial charge >= 0.3 is 0 Å². The van der Waals surface area contributed by atoms with Gasteiger partial charge < -0.3 is 4.42 Å².